The van der Waals surface area contributed by atoms with E-state index in [0.717, 1.165) is 4.68 Å². The zero-order chi connectivity index (χ0) is 18.2. The molecule has 1 atom stereocenters. The molecule has 25 heavy (non-hydrogen) atoms. The summed E-state index contributed by atoms with van der Waals surface area (Å²) in [5.41, 5.74) is 2.79. The van der Waals surface area contributed by atoms with E-state index < -0.39 is 26.6 Å². The Morgan fingerprint density at radius 1 is 1.40 bits per heavy atom. The molecule has 132 valence electrons. The average molecular weight is 401 g/mol. The lowest BCUT2D eigenvalue weighted by Gasteiger charge is -2.12. The number of aromatic amines is 1. The van der Waals surface area contributed by atoms with Crippen molar-refractivity contribution in [2.24, 2.45) is 5.10 Å². The Balaban J connectivity index is 1.87. The highest BCUT2D eigenvalue weighted by Crippen LogP contribution is 2.18. The van der Waals surface area contributed by atoms with E-state index in [0.29, 0.717) is 10.6 Å². The van der Waals surface area contributed by atoms with Gasteiger partial charge in [0.05, 0.1) is 6.54 Å². The summed E-state index contributed by atoms with van der Waals surface area (Å²) < 4.78 is 26.5. The molecule has 0 amide bonds. The van der Waals surface area contributed by atoms with Crippen molar-refractivity contribution in [3.8, 4) is 0 Å². The lowest BCUT2D eigenvalue weighted by Crippen LogP contribution is -2.37. The van der Waals surface area contributed by atoms with Crippen LogP contribution in [-0.4, -0.2) is 46.6 Å². The topological polar surface area (TPSA) is 135 Å². The van der Waals surface area contributed by atoms with Gasteiger partial charge in [-0.3, -0.25) is 9.89 Å². The van der Waals surface area contributed by atoms with Crippen LogP contribution in [0.5, 0.6) is 0 Å². The number of nitrogens with two attached hydrogens (primary N) is 1. The summed E-state index contributed by atoms with van der Waals surface area (Å²) in [6, 6.07) is 6.13. The van der Waals surface area contributed by atoms with Crippen LogP contribution in [0.25, 0.3) is 0 Å². The Labute approximate surface area is 152 Å². The van der Waals surface area contributed by atoms with E-state index in [2.05, 4.69) is 20.7 Å². The van der Waals surface area contributed by atoms with Crippen LogP contribution in [0.15, 0.2) is 29.4 Å². The molecule has 12 heteroatoms. The Morgan fingerprint density at radius 2 is 2.08 bits per heavy atom. The lowest BCUT2D eigenvalue weighted by atomic mass is 10.1. The summed E-state index contributed by atoms with van der Waals surface area (Å²) >= 11 is 10.7. The number of hydrazone groups is 1. The molecule has 0 saturated carbocycles. The Morgan fingerprint density at radius 3 is 2.68 bits per heavy atom. The summed E-state index contributed by atoms with van der Waals surface area (Å²) in [5, 5.41) is 9.44. The van der Waals surface area contributed by atoms with Crippen LogP contribution in [0, 0.1) is 4.77 Å². The Bertz CT molecular complexity index is 1010. The lowest BCUT2D eigenvalue weighted by molar-refractivity contribution is 0.106. The van der Waals surface area contributed by atoms with E-state index in [9.17, 15) is 13.2 Å². The normalized spacial score (nSPS) is 17.2. The highest BCUT2D eigenvalue weighted by molar-refractivity contribution is 7.92. The van der Waals surface area contributed by atoms with Crippen LogP contribution in [0.2, 0.25) is 5.02 Å². The first-order chi connectivity index (χ1) is 11.8. The number of nitrogens with zero attached hydrogens (tertiary/aromatic N) is 3. The molecule has 1 aromatic carbocycles. The third kappa shape index (κ3) is 3.43. The summed E-state index contributed by atoms with van der Waals surface area (Å²) in [6.45, 7) is -0.00722. The number of carbonyl (C=O) groups is 1. The summed E-state index contributed by atoms with van der Waals surface area (Å²) in [5.74, 6) is 4.73. The monoisotopic (exact) mass is 400 g/mol. The van der Waals surface area contributed by atoms with Crippen molar-refractivity contribution in [1.82, 2.24) is 20.3 Å². The van der Waals surface area contributed by atoms with Gasteiger partial charge in [-0.1, -0.05) is 11.6 Å². The quantitative estimate of drug-likeness (QED) is 0.376. The van der Waals surface area contributed by atoms with Crippen LogP contribution < -0.4 is 11.3 Å². The van der Waals surface area contributed by atoms with E-state index in [-0.39, 0.29) is 22.9 Å². The number of sulfone groups is 1. The van der Waals surface area contributed by atoms with E-state index >= 15 is 0 Å². The van der Waals surface area contributed by atoms with E-state index in [4.69, 9.17) is 29.7 Å². The number of aromatic nitrogens is 3. The van der Waals surface area contributed by atoms with E-state index in [1.807, 2.05) is 0 Å². The minimum absolute atomic E-state index is 0.00722. The van der Waals surface area contributed by atoms with Gasteiger partial charge in [0.15, 0.2) is 15.7 Å². The van der Waals surface area contributed by atoms with E-state index in [1.54, 1.807) is 12.1 Å². The van der Waals surface area contributed by atoms with Gasteiger partial charge in [0.1, 0.15) is 16.7 Å². The molecular weight excluding hydrogens is 388 g/mol. The number of benzene rings is 1. The third-order valence-electron chi connectivity index (χ3n) is 3.66. The van der Waals surface area contributed by atoms with Crippen molar-refractivity contribution in [2.75, 3.05) is 12.4 Å². The first-order valence-corrected chi connectivity index (χ1v) is 9.53. The van der Waals surface area contributed by atoms with Crippen molar-refractivity contribution < 1.29 is 13.2 Å². The number of ketones is 1. The van der Waals surface area contributed by atoms with Crippen LogP contribution in [0.4, 0.5) is 0 Å². The van der Waals surface area contributed by atoms with Crippen molar-refractivity contribution in [3.05, 3.63) is 45.4 Å². The number of carbonyl (C=O) groups excluding carboxylic acids is 1. The van der Waals surface area contributed by atoms with Gasteiger partial charge in [0.2, 0.25) is 10.6 Å². The fraction of sp³-hybridized carbons (Fsp3) is 0.231. The molecule has 1 aromatic heterocycles. The van der Waals surface area contributed by atoms with Crippen molar-refractivity contribution in [1.29, 1.82) is 0 Å². The van der Waals surface area contributed by atoms with Crippen molar-refractivity contribution in [3.63, 3.8) is 0 Å². The molecular formula is C13H13ClN6O3S2. The molecule has 2 heterocycles. The fourth-order valence-electron chi connectivity index (χ4n) is 2.35. The molecule has 3 rings (SSSR count). The van der Waals surface area contributed by atoms with Crippen LogP contribution in [0.3, 0.4) is 0 Å². The number of nitrogens with one attached hydrogen (secondary N) is 2. The second kappa shape index (κ2) is 6.58. The van der Waals surface area contributed by atoms with Crippen molar-refractivity contribution >= 4 is 45.2 Å². The fourth-order valence-corrected chi connectivity index (χ4v) is 4.22. The molecule has 0 saturated heterocycles. The molecule has 0 radical (unpaired) electrons. The van der Waals surface area contributed by atoms with Gasteiger partial charge in [-0.15, -0.1) is 0 Å². The number of nitrogen functional groups attached to an aromatic ring is 1. The first kappa shape index (κ1) is 17.6. The maximum Gasteiger partial charge on any atom is 0.214 e. The summed E-state index contributed by atoms with van der Waals surface area (Å²) in [7, 11) is -3.80. The molecule has 0 fully saturated rings. The van der Waals surface area contributed by atoms with Gasteiger partial charge in [0.25, 0.3) is 0 Å². The molecule has 0 spiro atoms. The van der Waals surface area contributed by atoms with Gasteiger partial charge in [0, 0.05) is 10.6 Å². The maximum absolute atomic E-state index is 12.7. The Kier molecular flexibility index (Phi) is 4.62. The predicted octanol–water partition coefficient (Wildman–Crippen LogP) is 0.433. The number of halogens is 1. The van der Waals surface area contributed by atoms with Crippen LogP contribution >= 0.6 is 23.8 Å². The number of hydrogen-bond acceptors (Lipinski definition) is 8. The largest absolute Gasteiger partial charge is 0.335 e. The van der Waals surface area contributed by atoms with Gasteiger partial charge in [-0.25, -0.2) is 13.1 Å². The highest BCUT2D eigenvalue weighted by Gasteiger charge is 2.38. The van der Waals surface area contributed by atoms with E-state index in [1.165, 1.54) is 12.1 Å². The molecule has 1 unspecified atom stereocenters. The standard InChI is InChI=1S/C13H13ClN6O3S2/c14-8-3-1-7(2-4-8)12(21)11-9(5-16-18-11)25(22,23)6-10-17-19-13(24)20(10)15/h1-4,9,16H,5-6,15H2,(H,19,24). The second-order valence-corrected chi connectivity index (χ2v) is 8.31. The smallest absolute Gasteiger partial charge is 0.214 e. The first-order valence-electron chi connectivity index (χ1n) is 7.03. The molecule has 2 aromatic rings. The average Bonchev–Trinajstić information content (AvgIpc) is 3.18. The summed E-state index contributed by atoms with van der Waals surface area (Å²) in [6.07, 6.45) is 0. The molecule has 1 aliphatic rings. The predicted molar refractivity (Wildman–Crippen MR) is 95.2 cm³/mol. The Hall–Kier alpha value is -2.24. The highest BCUT2D eigenvalue weighted by atomic mass is 35.5. The number of Topliss-reactive ketones (excluding diaryl/α,β-unsaturated/α-hetero) is 1. The minimum Gasteiger partial charge on any atom is -0.335 e. The number of hydrogen-bond donors (Lipinski definition) is 3. The molecule has 0 bridgehead atoms. The SMILES string of the molecule is Nn1c(CS(=O)(=O)C2CNN=C2C(=O)c2ccc(Cl)cc2)n[nH]c1=S. The van der Waals surface area contributed by atoms with Gasteiger partial charge < -0.3 is 11.3 Å². The zero-order valence-corrected chi connectivity index (χ0v) is 15.0. The number of rotatable bonds is 5. The molecule has 4 N–H and O–H groups in total. The zero-order valence-electron chi connectivity index (χ0n) is 12.6. The molecule has 9 nitrogen and oxygen atoms in total. The van der Waals surface area contributed by atoms with Gasteiger partial charge in [-0.05, 0) is 36.5 Å². The molecule has 0 aliphatic carbocycles. The molecule has 1 aliphatic heterocycles. The second-order valence-electron chi connectivity index (χ2n) is 5.31. The van der Waals surface area contributed by atoms with Gasteiger partial charge in [-0.2, -0.15) is 10.2 Å². The third-order valence-corrected chi connectivity index (χ3v) is 6.12. The van der Waals surface area contributed by atoms with Crippen molar-refractivity contribution in [2.45, 2.75) is 11.0 Å². The minimum atomic E-state index is -3.80. The van der Waals surface area contributed by atoms with Crippen LogP contribution in [0.1, 0.15) is 16.2 Å². The van der Waals surface area contributed by atoms with Gasteiger partial charge >= 0.3 is 0 Å². The van der Waals surface area contributed by atoms with Crippen LogP contribution in [-0.2, 0) is 15.6 Å². The maximum atomic E-state index is 12.7. The number of H-pyrrole nitrogens is 1. The summed E-state index contributed by atoms with van der Waals surface area (Å²) in [4.78, 5) is 12.6.